The average molecular weight is 350 g/mol. The van der Waals surface area contributed by atoms with Crippen LogP contribution in [0.3, 0.4) is 0 Å². The molecule has 0 radical (unpaired) electrons. The standard InChI is InChI=1S/C19H30N2O4/c1-7-21(14(2)15-9-8-10-16(13-15)24-6)17(22)11-12-20-18(23)25-19(3,4)5/h8-10,13-14H,7,11-12H2,1-6H3,(H,20,23). The molecule has 1 atom stereocenters. The van der Waals surface area contributed by atoms with E-state index in [-0.39, 0.29) is 24.9 Å². The van der Waals surface area contributed by atoms with Gasteiger partial charge in [0.05, 0.1) is 13.2 Å². The Labute approximate surface area is 150 Å². The van der Waals surface area contributed by atoms with Crippen molar-refractivity contribution < 1.29 is 19.1 Å². The molecule has 1 rings (SSSR count). The molecule has 0 aliphatic heterocycles. The Morgan fingerprint density at radius 2 is 1.96 bits per heavy atom. The van der Waals surface area contributed by atoms with Crippen LogP contribution in [0.1, 0.15) is 52.6 Å². The maximum atomic E-state index is 12.5. The summed E-state index contributed by atoms with van der Waals surface area (Å²) in [6, 6.07) is 7.61. The van der Waals surface area contributed by atoms with E-state index in [1.165, 1.54) is 0 Å². The van der Waals surface area contributed by atoms with Crippen LogP contribution in [0.25, 0.3) is 0 Å². The fraction of sp³-hybridized carbons (Fsp3) is 0.579. The van der Waals surface area contributed by atoms with Gasteiger partial charge < -0.3 is 19.7 Å². The van der Waals surface area contributed by atoms with Gasteiger partial charge in [0, 0.05) is 19.5 Å². The summed E-state index contributed by atoms with van der Waals surface area (Å²) < 4.78 is 10.4. The highest BCUT2D eigenvalue weighted by Gasteiger charge is 2.21. The predicted molar refractivity (Wildman–Crippen MR) is 97.6 cm³/mol. The molecule has 0 aliphatic rings. The zero-order valence-electron chi connectivity index (χ0n) is 16.1. The van der Waals surface area contributed by atoms with Crippen molar-refractivity contribution in [3.63, 3.8) is 0 Å². The molecule has 0 heterocycles. The number of nitrogens with zero attached hydrogens (tertiary/aromatic N) is 1. The normalized spacial score (nSPS) is 12.2. The second kappa shape index (κ2) is 9.30. The Hall–Kier alpha value is -2.24. The maximum Gasteiger partial charge on any atom is 0.407 e. The molecule has 0 saturated carbocycles. The van der Waals surface area contributed by atoms with Crippen LogP contribution in [0.15, 0.2) is 24.3 Å². The van der Waals surface area contributed by atoms with E-state index in [9.17, 15) is 9.59 Å². The van der Waals surface area contributed by atoms with Crippen LogP contribution in [-0.4, -0.2) is 42.7 Å². The number of methoxy groups -OCH3 is 1. The third-order valence-corrected chi connectivity index (χ3v) is 3.71. The molecule has 0 saturated heterocycles. The molecule has 6 nitrogen and oxygen atoms in total. The fourth-order valence-corrected chi connectivity index (χ4v) is 2.48. The van der Waals surface area contributed by atoms with Crippen LogP contribution in [0.4, 0.5) is 4.79 Å². The molecule has 0 bridgehead atoms. The molecule has 140 valence electrons. The first-order chi connectivity index (χ1) is 11.7. The first kappa shape index (κ1) is 20.8. The van der Waals surface area contributed by atoms with E-state index in [0.29, 0.717) is 6.54 Å². The minimum Gasteiger partial charge on any atom is -0.497 e. The second-order valence-electron chi connectivity index (χ2n) is 6.81. The van der Waals surface area contributed by atoms with Crippen molar-refractivity contribution in [2.75, 3.05) is 20.2 Å². The number of amides is 2. The number of rotatable bonds is 7. The van der Waals surface area contributed by atoms with E-state index in [0.717, 1.165) is 11.3 Å². The van der Waals surface area contributed by atoms with Gasteiger partial charge in [-0.1, -0.05) is 12.1 Å². The van der Waals surface area contributed by atoms with Crippen molar-refractivity contribution in [1.29, 1.82) is 0 Å². The molecule has 0 aromatic heterocycles. The maximum absolute atomic E-state index is 12.5. The van der Waals surface area contributed by atoms with Gasteiger partial charge in [0.1, 0.15) is 11.4 Å². The lowest BCUT2D eigenvalue weighted by molar-refractivity contribution is -0.133. The Bertz CT molecular complexity index is 581. The zero-order chi connectivity index (χ0) is 19.0. The molecule has 2 amide bonds. The molecule has 0 spiro atoms. The van der Waals surface area contributed by atoms with E-state index in [2.05, 4.69) is 5.32 Å². The average Bonchev–Trinajstić information content (AvgIpc) is 2.53. The van der Waals surface area contributed by atoms with Crippen molar-refractivity contribution in [2.24, 2.45) is 0 Å². The first-order valence-corrected chi connectivity index (χ1v) is 8.58. The number of nitrogens with one attached hydrogen (secondary N) is 1. The Kier molecular flexibility index (Phi) is 7.74. The van der Waals surface area contributed by atoms with Crippen molar-refractivity contribution in [3.8, 4) is 5.75 Å². The summed E-state index contributed by atoms with van der Waals surface area (Å²) in [5.74, 6) is 0.744. The molecular weight excluding hydrogens is 320 g/mol. The van der Waals surface area contributed by atoms with Gasteiger partial charge in [-0.15, -0.1) is 0 Å². The fourth-order valence-electron chi connectivity index (χ4n) is 2.48. The largest absolute Gasteiger partial charge is 0.497 e. The van der Waals surface area contributed by atoms with Gasteiger partial charge in [-0.05, 0) is 52.3 Å². The van der Waals surface area contributed by atoms with Crippen LogP contribution in [0, 0.1) is 0 Å². The summed E-state index contributed by atoms with van der Waals surface area (Å²) in [5, 5.41) is 2.62. The highest BCUT2D eigenvalue weighted by atomic mass is 16.6. The van der Waals surface area contributed by atoms with Crippen molar-refractivity contribution in [1.82, 2.24) is 10.2 Å². The lowest BCUT2D eigenvalue weighted by Gasteiger charge is -2.29. The summed E-state index contributed by atoms with van der Waals surface area (Å²) >= 11 is 0. The number of carbonyl (C=O) groups excluding carboxylic acids is 2. The highest BCUT2D eigenvalue weighted by Crippen LogP contribution is 2.24. The van der Waals surface area contributed by atoms with Crippen LogP contribution in [0.2, 0.25) is 0 Å². The van der Waals surface area contributed by atoms with Gasteiger partial charge >= 0.3 is 6.09 Å². The van der Waals surface area contributed by atoms with Crippen LogP contribution < -0.4 is 10.1 Å². The minimum absolute atomic E-state index is 0.0196. The SMILES string of the molecule is CCN(C(=O)CCNC(=O)OC(C)(C)C)C(C)c1cccc(OC)c1. The lowest BCUT2D eigenvalue weighted by Crippen LogP contribution is -2.37. The van der Waals surface area contributed by atoms with E-state index < -0.39 is 11.7 Å². The van der Waals surface area contributed by atoms with Crippen LogP contribution >= 0.6 is 0 Å². The zero-order valence-corrected chi connectivity index (χ0v) is 16.1. The molecule has 1 unspecified atom stereocenters. The van der Waals surface area contributed by atoms with E-state index in [1.807, 2.05) is 38.1 Å². The van der Waals surface area contributed by atoms with Crippen molar-refractivity contribution >= 4 is 12.0 Å². The number of hydrogen-bond acceptors (Lipinski definition) is 4. The molecule has 0 aliphatic carbocycles. The van der Waals surface area contributed by atoms with Gasteiger partial charge in [-0.3, -0.25) is 4.79 Å². The predicted octanol–water partition coefficient (Wildman–Crippen LogP) is 3.52. The summed E-state index contributed by atoms with van der Waals surface area (Å²) in [6.07, 6.45) is -0.286. The van der Waals surface area contributed by atoms with Crippen molar-refractivity contribution in [3.05, 3.63) is 29.8 Å². The Balaban J connectivity index is 2.60. The quantitative estimate of drug-likeness (QED) is 0.817. The molecule has 6 heteroatoms. The number of hydrogen-bond donors (Lipinski definition) is 1. The molecule has 1 N–H and O–H groups in total. The third-order valence-electron chi connectivity index (χ3n) is 3.71. The van der Waals surface area contributed by atoms with Crippen LogP contribution in [0.5, 0.6) is 5.75 Å². The molecule has 0 fully saturated rings. The second-order valence-corrected chi connectivity index (χ2v) is 6.81. The van der Waals surface area contributed by atoms with E-state index in [4.69, 9.17) is 9.47 Å². The summed E-state index contributed by atoms with van der Waals surface area (Å²) in [7, 11) is 1.62. The molecule has 25 heavy (non-hydrogen) atoms. The van der Waals surface area contributed by atoms with Gasteiger partial charge in [-0.25, -0.2) is 4.79 Å². The minimum atomic E-state index is -0.551. The molecule has 1 aromatic carbocycles. The summed E-state index contributed by atoms with van der Waals surface area (Å²) in [4.78, 5) is 25.9. The number of benzene rings is 1. The monoisotopic (exact) mass is 350 g/mol. The molecule has 1 aromatic rings. The topological polar surface area (TPSA) is 67.9 Å². The number of carbonyl (C=O) groups is 2. The molecular formula is C19H30N2O4. The van der Waals surface area contributed by atoms with Gasteiger partial charge in [0.25, 0.3) is 0 Å². The number of ether oxygens (including phenoxy) is 2. The first-order valence-electron chi connectivity index (χ1n) is 8.58. The van der Waals surface area contributed by atoms with Crippen LogP contribution in [-0.2, 0) is 9.53 Å². The summed E-state index contributed by atoms with van der Waals surface area (Å²) in [5.41, 5.74) is 0.458. The highest BCUT2D eigenvalue weighted by molar-refractivity contribution is 5.77. The summed E-state index contributed by atoms with van der Waals surface area (Å²) in [6.45, 7) is 10.1. The third kappa shape index (κ3) is 7.03. The van der Waals surface area contributed by atoms with E-state index in [1.54, 1.807) is 32.8 Å². The van der Waals surface area contributed by atoms with Gasteiger partial charge in [-0.2, -0.15) is 0 Å². The van der Waals surface area contributed by atoms with E-state index >= 15 is 0 Å². The smallest absolute Gasteiger partial charge is 0.407 e. The Morgan fingerprint density at radius 1 is 1.28 bits per heavy atom. The van der Waals surface area contributed by atoms with Crippen molar-refractivity contribution in [2.45, 2.75) is 52.7 Å². The Morgan fingerprint density at radius 3 is 2.52 bits per heavy atom. The lowest BCUT2D eigenvalue weighted by atomic mass is 10.1. The number of alkyl carbamates (subject to hydrolysis) is 1. The van der Waals surface area contributed by atoms with Gasteiger partial charge in [0.2, 0.25) is 5.91 Å². The van der Waals surface area contributed by atoms with Gasteiger partial charge in [0.15, 0.2) is 0 Å².